The van der Waals surface area contributed by atoms with Gasteiger partial charge in [-0.2, -0.15) is 0 Å². The molecule has 0 aromatic heterocycles. The molecule has 2 fully saturated rings. The van der Waals surface area contributed by atoms with E-state index in [-0.39, 0.29) is 30.4 Å². The van der Waals surface area contributed by atoms with Gasteiger partial charge in [0.05, 0.1) is 0 Å². The highest BCUT2D eigenvalue weighted by Gasteiger charge is 2.42. The van der Waals surface area contributed by atoms with Crippen molar-refractivity contribution < 1.29 is 19.4 Å². The third-order valence-corrected chi connectivity index (χ3v) is 7.15. The van der Waals surface area contributed by atoms with E-state index >= 15 is 0 Å². The van der Waals surface area contributed by atoms with Crippen LogP contribution in [0.4, 0.5) is 0 Å². The van der Waals surface area contributed by atoms with Crippen molar-refractivity contribution in [2.75, 3.05) is 13.2 Å². The molecule has 1 aromatic carbocycles. The van der Waals surface area contributed by atoms with Crippen LogP contribution in [-0.4, -0.2) is 36.6 Å². The summed E-state index contributed by atoms with van der Waals surface area (Å²) < 4.78 is 12.0. The van der Waals surface area contributed by atoms with Crippen LogP contribution in [0.2, 0.25) is 0 Å². The number of aliphatic hydroxyl groups excluding tert-OH is 1. The Morgan fingerprint density at radius 2 is 2.10 bits per heavy atom. The monoisotopic (exact) mass is 423 g/mol. The number of terminal acetylenes is 1. The lowest BCUT2D eigenvalue weighted by atomic mass is 9.80. The minimum absolute atomic E-state index is 0.00262. The van der Waals surface area contributed by atoms with Gasteiger partial charge in [-0.1, -0.05) is 24.5 Å². The molecule has 2 aliphatic carbocycles. The second kappa shape index (κ2) is 9.89. The summed E-state index contributed by atoms with van der Waals surface area (Å²) in [5.74, 6) is 4.16. The number of carbonyl (C=O) groups is 1. The van der Waals surface area contributed by atoms with Crippen molar-refractivity contribution in [1.29, 1.82) is 0 Å². The molecule has 2 N–H and O–H groups in total. The summed E-state index contributed by atoms with van der Waals surface area (Å²) in [5.41, 5.74) is 1.89. The average Bonchev–Trinajstić information content (AvgIpc) is 3.41. The largest absolute Gasteiger partial charge is 0.459 e. The molecule has 166 valence electrons. The Morgan fingerprint density at radius 3 is 2.71 bits per heavy atom. The zero-order chi connectivity index (χ0) is 21.8. The fourth-order valence-electron chi connectivity index (χ4n) is 5.61. The standard InChI is InChI=1S/C26H33NO4/c1-3-17-7-10-19(11-8-17)22-16-24(31-26(30-4-2)21(22)6-5-13-28)25(29)27-23-15-18-9-12-20(23)14-18/h1,7-8,10-11,16,18,20-23,26,28H,4-6,9,12-15H2,2H3,(H,27,29)/t18?,20?,21-,22+,23?,26+/m1/s1. The van der Waals surface area contributed by atoms with Gasteiger partial charge in [0.15, 0.2) is 5.76 Å². The highest BCUT2D eigenvalue weighted by Crippen LogP contribution is 2.45. The normalized spacial score (nSPS) is 31.6. The first-order chi connectivity index (χ1) is 15.1. The van der Waals surface area contributed by atoms with E-state index in [1.165, 1.54) is 19.3 Å². The Hall–Kier alpha value is -2.29. The van der Waals surface area contributed by atoms with Crippen LogP contribution in [0, 0.1) is 30.1 Å². The van der Waals surface area contributed by atoms with Crippen LogP contribution in [0.25, 0.3) is 0 Å². The Bertz CT molecular complexity index is 840. The molecule has 6 atom stereocenters. The van der Waals surface area contributed by atoms with Crippen molar-refractivity contribution >= 4 is 5.91 Å². The molecule has 31 heavy (non-hydrogen) atoms. The quantitative estimate of drug-likeness (QED) is 0.626. The van der Waals surface area contributed by atoms with Gasteiger partial charge in [-0.3, -0.25) is 4.79 Å². The van der Waals surface area contributed by atoms with E-state index in [9.17, 15) is 9.90 Å². The maximum atomic E-state index is 13.2. The van der Waals surface area contributed by atoms with Crippen LogP contribution in [0.3, 0.4) is 0 Å². The number of benzene rings is 1. The van der Waals surface area contributed by atoms with E-state index in [1.54, 1.807) is 0 Å². The number of hydrogen-bond acceptors (Lipinski definition) is 4. The van der Waals surface area contributed by atoms with E-state index in [0.717, 1.165) is 29.9 Å². The van der Waals surface area contributed by atoms with E-state index in [2.05, 4.69) is 11.2 Å². The molecule has 4 rings (SSSR count). The molecule has 0 radical (unpaired) electrons. The maximum Gasteiger partial charge on any atom is 0.286 e. The third kappa shape index (κ3) is 4.81. The molecule has 1 amide bonds. The first-order valence-corrected chi connectivity index (χ1v) is 11.6. The molecule has 5 nitrogen and oxygen atoms in total. The van der Waals surface area contributed by atoms with Crippen LogP contribution in [0.1, 0.15) is 62.5 Å². The fourth-order valence-corrected chi connectivity index (χ4v) is 5.61. The lowest BCUT2D eigenvalue weighted by molar-refractivity contribution is -0.167. The molecule has 0 saturated heterocycles. The zero-order valence-electron chi connectivity index (χ0n) is 18.3. The summed E-state index contributed by atoms with van der Waals surface area (Å²) in [6.07, 6.45) is 13.1. The lowest BCUT2D eigenvalue weighted by Gasteiger charge is -2.37. The summed E-state index contributed by atoms with van der Waals surface area (Å²) in [4.78, 5) is 13.2. The van der Waals surface area contributed by atoms with Crippen molar-refractivity contribution in [1.82, 2.24) is 5.32 Å². The van der Waals surface area contributed by atoms with Gasteiger partial charge in [-0.15, -0.1) is 6.42 Å². The smallest absolute Gasteiger partial charge is 0.286 e. The molecular formula is C26H33NO4. The number of amides is 1. The van der Waals surface area contributed by atoms with Crippen LogP contribution in [0.15, 0.2) is 36.1 Å². The summed E-state index contributed by atoms with van der Waals surface area (Å²) in [7, 11) is 0. The van der Waals surface area contributed by atoms with E-state index < -0.39 is 6.29 Å². The number of carbonyl (C=O) groups excluding carboxylic acids is 1. The molecule has 1 heterocycles. The van der Waals surface area contributed by atoms with E-state index in [4.69, 9.17) is 15.9 Å². The molecule has 2 bridgehead atoms. The number of nitrogens with one attached hydrogen (secondary N) is 1. The van der Waals surface area contributed by atoms with Gasteiger partial charge in [-0.25, -0.2) is 0 Å². The van der Waals surface area contributed by atoms with Crippen molar-refractivity contribution in [3.63, 3.8) is 0 Å². The van der Waals surface area contributed by atoms with Gasteiger partial charge in [0, 0.05) is 36.7 Å². The van der Waals surface area contributed by atoms with Crippen LogP contribution < -0.4 is 5.32 Å². The topological polar surface area (TPSA) is 67.8 Å². The minimum atomic E-state index is -0.528. The maximum absolute atomic E-state index is 13.2. The highest BCUT2D eigenvalue weighted by atomic mass is 16.7. The SMILES string of the molecule is C#Cc1ccc([C@@H]2C=C(C(=O)NC3CC4CCC3C4)O[C@H](OCC)[C@@H]2CCCO)cc1. The second-order valence-corrected chi connectivity index (χ2v) is 9.05. The number of rotatable bonds is 8. The van der Waals surface area contributed by atoms with Gasteiger partial charge in [0.1, 0.15) is 0 Å². The number of allylic oxidation sites excluding steroid dienone is 1. The average molecular weight is 424 g/mol. The van der Waals surface area contributed by atoms with Gasteiger partial charge in [0.2, 0.25) is 6.29 Å². The van der Waals surface area contributed by atoms with Gasteiger partial charge >= 0.3 is 0 Å². The summed E-state index contributed by atoms with van der Waals surface area (Å²) in [5, 5.41) is 12.6. The van der Waals surface area contributed by atoms with Crippen molar-refractivity contribution in [2.45, 2.75) is 63.7 Å². The van der Waals surface area contributed by atoms with Crippen molar-refractivity contribution in [3.8, 4) is 12.3 Å². The molecular weight excluding hydrogens is 390 g/mol. The highest BCUT2D eigenvalue weighted by molar-refractivity contribution is 5.92. The van der Waals surface area contributed by atoms with Crippen molar-refractivity contribution in [3.05, 3.63) is 47.2 Å². The fraction of sp³-hybridized carbons (Fsp3) is 0.577. The second-order valence-electron chi connectivity index (χ2n) is 9.05. The first kappa shape index (κ1) is 21.9. The molecule has 1 aliphatic heterocycles. The Labute approximate surface area is 185 Å². The molecule has 0 spiro atoms. The minimum Gasteiger partial charge on any atom is -0.459 e. The Kier molecular flexibility index (Phi) is 6.99. The predicted molar refractivity (Wildman–Crippen MR) is 119 cm³/mol. The summed E-state index contributed by atoms with van der Waals surface area (Å²) in [6, 6.07) is 8.13. The first-order valence-electron chi connectivity index (χ1n) is 11.6. The molecule has 2 saturated carbocycles. The molecule has 5 heteroatoms. The number of hydrogen-bond donors (Lipinski definition) is 2. The number of fused-ring (bicyclic) bond motifs is 2. The van der Waals surface area contributed by atoms with Crippen molar-refractivity contribution in [2.24, 2.45) is 17.8 Å². The molecule has 3 aliphatic rings. The van der Waals surface area contributed by atoms with Gasteiger partial charge < -0.3 is 19.9 Å². The lowest BCUT2D eigenvalue weighted by Crippen LogP contribution is -2.43. The van der Waals surface area contributed by atoms with E-state index in [1.807, 2.05) is 37.3 Å². The number of aliphatic hydroxyl groups is 1. The van der Waals surface area contributed by atoms with Gasteiger partial charge in [-0.05, 0) is 74.6 Å². The molecule has 1 aromatic rings. The zero-order valence-corrected chi connectivity index (χ0v) is 18.3. The Balaban J connectivity index is 1.59. The van der Waals surface area contributed by atoms with Crippen LogP contribution >= 0.6 is 0 Å². The summed E-state index contributed by atoms with van der Waals surface area (Å²) in [6.45, 7) is 2.53. The summed E-state index contributed by atoms with van der Waals surface area (Å²) >= 11 is 0. The van der Waals surface area contributed by atoms with Crippen LogP contribution in [0.5, 0.6) is 0 Å². The molecule has 3 unspecified atom stereocenters. The van der Waals surface area contributed by atoms with Crippen LogP contribution in [-0.2, 0) is 14.3 Å². The number of ether oxygens (including phenoxy) is 2. The predicted octanol–water partition coefficient (Wildman–Crippen LogP) is 3.72. The Morgan fingerprint density at radius 1 is 1.29 bits per heavy atom. The third-order valence-electron chi connectivity index (χ3n) is 7.15. The van der Waals surface area contributed by atoms with Gasteiger partial charge in [0.25, 0.3) is 5.91 Å². The van der Waals surface area contributed by atoms with E-state index in [0.29, 0.717) is 24.7 Å².